The molecule has 0 amide bonds. The summed E-state index contributed by atoms with van der Waals surface area (Å²) in [5, 5.41) is 0. The van der Waals surface area contributed by atoms with Crippen molar-refractivity contribution >= 4 is 19.8 Å². The molecule has 2 N–H and O–H groups in total. The minimum atomic E-state index is -2.00. The smallest absolute Gasteiger partial charge is 0.252 e. The van der Waals surface area contributed by atoms with Crippen molar-refractivity contribution in [2.24, 2.45) is 0 Å². The van der Waals surface area contributed by atoms with E-state index in [-0.39, 0.29) is 0 Å². The number of rotatable bonds is 8. The SMILES string of the molecule is CC(C)c1ccccc1-c1cccc(N[Si](C)(C)Nc2cccc(-c3ccccc3C(C)C)c2)c1. The van der Waals surface area contributed by atoms with Crippen molar-refractivity contribution < 1.29 is 0 Å². The molecule has 4 aromatic rings. The Morgan fingerprint density at radius 1 is 0.514 bits per heavy atom. The normalized spacial score (nSPS) is 11.7. The summed E-state index contributed by atoms with van der Waals surface area (Å²) < 4.78 is 0. The molecule has 3 heteroatoms. The lowest BCUT2D eigenvalue weighted by Crippen LogP contribution is -2.45. The average Bonchev–Trinajstić information content (AvgIpc) is 2.83. The monoisotopic (exact) mass is 478 g/mol. The lowest BCUT2D eigenvalue weighted by atomic mass is 9.92. The van der Waals surface area contributed by atoms with Gasteiger partial charge in [0.1, 0.15) is 0 Å². The van der Waals surface area contributed by atoms with E-state index in [4.69, 9.17) is 0 Å². The van der Waals surface area contributed by atoms with Crippen molar-refractivity contribution in [3.63, 3.8) is 0 Å². The molecule has 180 valence electrons. The van der Waals surface area contributed by atoms with E-state index in [1.54, 1.807) is 0 Å². The van der Waals surface area contributed by atoms with Crippen LogP contribution in [0.4, 0.5) is 11.4 Å². The Morgan fingerprint density at radius 3 is 1.31 bits per heavy atom. The van der Waals surface area contributed by atoms with Gasteiger partial charge < -0.3 is 9.96 Å². The number of anilines is 2. The number of hydrogen-bond donors (Lipinski definition) is 2. The molecule has 0 aliphatic heterocycles. The first kappa shape index (κ1) is 24.8. The molecule has 0 bridgehead atoms. The third-order valence-corrected chi connectivity index (χ3v) is 8.25. The Bertz CT molecular complexity index is 1190. The van der Waals surface area contributed by atoms with Gasteiger partial charge in [0.25, 0.3) is 8.40 Å². The first-order chi connectivity index (χ1) is 16.7. The Morgan fingerprint density at radius 2 is 0.914 bits per heavy atom. The predicted molar refractivity (Wildman–Crippen MR) is 157 cm³/mol. The van der Waals surface area contributed by atoms with E-state index in [0.29, 0.717) is 11.8 Å². The van der Waals surface area contributed by atoms with E-state index >= 15 is 0 Å². The van der Waals surface area contributed by atoms with E-state index in [2.05, 4.69) is 148 Å². The molecule has 35 heavy (non-hydrogen) atoms. The predicted octanol–water partition coefficient (Wildman–Crippen LogP) is 9.49. The van der Waals surface area contributed by atoms with Crippen LogP contribution in [0.15, 0.2) is 97.1 Å². The van der Waals surface area contributed by atoms with Crippen molar-refractivity contribution in [1.82, 2.24) is 0 Å². The van der Waals surface area contributed by atoms with Gasteiger partial charge in [-0.15, -0.1) is 0 Å². The summed E-state index contributed by atoms with van der Waals surface area (Å²) in [5.74, 6) is 0.979. The molecule has 0 aromatic heterocycles. The van der Waals surface area contributed by atoms with Crippen LogP contribution in [0.3, 0.4) is 0 Å². The molecule has 2 nitrogen and oxygen atoms in total. The van der Waals surface area contributed by atoms with E-state index in [0.717, 1.165) is 11.4 Å². The Balaban J connectivity index is 1.56. The second-order valence-electron chi connectivity index (χ2n) is 10.5. The van der Waals surface area contributed by atoms with Crippen molar-refractivity contribution in [3.8, 4) is 22.3 Å². The minimum Gasteiger partial charge on any atom is -0.395 e. The summed E-state index contributed by atoms with van der Waals surface area (Å²) >= 11 is 0. The summed E-state index contributed by atoms with van der Waals surface area (Å²) in [4.78, 5) is 7.68. The minimum absolute atomic E-state index is 0.489. The molecule has 0 spiro atoms. The van der Waals surface area contributed by atoms with Gasteiger partial charge >= 0.3 is 0 Å². The zero-order chi connectivity index (χ0) is 25.0. The quantitative estimate of drug-likeness (QED) is 0.246. The first-order valence-corrected chi connectivity index (χ1v) is 15.7. The van der Waals surface area contributed by atoms with Crippen molar-refractivity contribution in [2.75, 3.05) is 9.96 Å². The molecule has 4 rings (SSSR count). The Kier molecular flexibility index (Phi) is 7.47. The average molecular weight is 479 g/mol. The molecule has 0 unspecified atom stereocenters. The number of nitrogens with one attached hydrogen (secondary N) is 2. The third kappa shape index (κ3) is 6.04. The summed E-state index contributed by atoms with van der Waals surface area (Å²) in [6.07, 6.45) is 0. The van der Waals surface area contributed by atoms with Gasteiger partial charge in [-0.2, -0.15) is 0 Å². The fourth-order valence-electron chi connectivity index (χ4n) is 4.81. The van der Waals surface area contributed by atoms with Crippen molar-refractivity contribution in [3.05, 3.63) is 108 Å². The van der Waals surface area contributed by atoms with Crippen LogP contribution in [0.2, 0.25) is 13.1 Å². The summed E-state index contributed by atoms with van der Waals surface area (Å²) in [7, 11) is -2.00. The first-order valence-electron chi connectivity index (χ1n) is 12.7. The van der Waals surface area contributed by atoms with Crippen LogP contribution in [-0.2, 0) is 0 Å². The van der Waals surface area contributed by atoms with Gasteiger partial charge in [-0.25, -0.2) is 0 Å². The van der Waals surface area contributed by atoms with Crippen LogP contribution >= 0.6 is 0 Å². The van der Waals surface area contributed by atoms with Crippen LogP contribution in [0.1, 0.15) is 50.7 Å². The van der Waals surface area contributed by atoms with Crippen LogP contribution in [-0.4, -0.2) is 8.40 Å². The maximum absolute atomic E-state index is 3.84. The summed E-state index contributed by atoms with van der Waals surface area (Å²) in [5.41, 5.74) is 10.2. The number of benzene rings is 4. The molecule has 0 atom stereocenters. The van der Waals surface area contributed by atoms with Gasteiger partial charge in [-0.05, 0) is 82.6 Å². The van der Waals surface area contributed by atoms with Crippen molar-refractivity contribution in [1.29, 1.82) is 0 Å². The standard InChI is InChI=1S/C32H38N2Si/c1-23(2)29-17-7-9-19-31(29)25-13-11-15-27(21-25)33-35(5,6)34-28-16-12-14-26(22-28)32-20-10-8-18-30(32)24(3)4/h7-24,33-34H,1-6H3. The van der Waals surface area contributed by atoms with E-state index in [9.17, 15) is 0 Å². The lowest BCUT2D eigenvalue weighted by molar-refractivity contribution is 0.869. The molecule has 0 heterocycles. The second kappa shape index (κ2) is 10.5. The lowest BCUT2D eigenvalue weighted by Gasteiger charge is -2.28. The topological polar surface area (TPSA) is 24.1 Å². The fraction of sp³-hybridized carbons (Fsp3) is 0.250. The molecule has 0 fully saturated rings. The Labute approximate surface area is 212 Å². The maximum atomic E-state index is 3.84. The van der Waals surface area contributed by atoms with Crippen LogP contribution in [0.25, 0.3) is 22.3 Å². The van der Waals surface area contributed by atoms with Gasteiger partial charge in [-0.3, -0.25) is 0 Å². The fourth-order valence-corrected chi connectivity index (χ4v) is 6.63. The molecular weight excluding hydrogens is 440 g/mol. The molecular formula is C32H38N2Si. The maximum Gasteiger partial charge on any atom is 0.252 e. The third-order valence-electron chi connectivity index (χ3n) is 6.43. The second-order valence-corrected chi connectivity index (χ2v) is 14.3. The molecule has 4 aromatic carbocycles. The van der Waals surface area contributed by atoms with Gasteiger partial charge in [0.2, 0.25) is 0 Å². The number of hydrogen-bond acceptors (Lipinski definition) is 2. The van der Waals surface area contributed by atoms with Gasteiger partial charge in [-0.1, -0.05) is 100 Å². The van der Waals surface area contributed by atoms with Gasteiger partial charge in [0.05, 0.1) is 0 Å². The zero-order valence-electron chi connectivity index (χ0n) is 21.9. The van der Waals surface area contributed by atoms with E-state index in [1.807, 2.05) is 0 Å². The van der Waals surface area contributed by atoms with Crippen LogP contribution < -0.4 is 9.96 Å². The highest BCUT2D eigenvalue weighted by Crippen LogP contribution is 2.32. The highest BCUT2D eigenvalue weighted by atomic mass is 28.3. The van der Waals surface area contributed by atoms with Crippen molar-refractivity contribution in [2.45, 2.75) is 52.6 Å². The van der Waals surface area contributed by atoms with Crippen LogP contribution in [0, 0.1) is 0 Å². The molecule has 0 aliphatic carbocycles. The highest BCUT2D eigenvalue weighted by Gasteiger charge is 2.22. The molecule has 0 saturated heterocycles. The van der Waals surface area contributed by atoms with Crippen LogP contribution in [0.5, 0.6) is 0 Å². The highest BCUT2D eigenvalue weighted by molar-refractivity contribution is 6.83. The van der Waals surface area contributed by atoms with Gasteiger partial charge in [0, 0.05) is 11.4 Å². The summed E-state index contributed by atoms with van der Waals surface area (Å²) in [6.45, 7) is 13.7. The molecule has 0 aliphatic rings. The molecule has 0 radical (unpaired) electrons. The van der Waals surface area contributed by atoms with E-state index in [1.165, 1.54) is 33.4 Å². The molecule has 0 saturated carbocycles. The van der Waals surface area contributed by atoms with Gasteiger partial charge in [0.15, 0.2) is 0 Å². The zero-order valence-corrected chi connectivity index (χ0v) is 22.9. The summed E-state index contributed by atoms with van der Waals surface area (Å²) in [6, 6.07) is 35.1. The van der Waals surface area contributed by atoms with E-state index < -0.39 is 8.40 Å². The largest absolute Gasteiger partial charge is 0.395 e. The Hall–Kier alpha value is -3.30.